The fourth-order valence-electron chi connectivity index (χ4n) is 4.00. The van der Waals surface area contributed by atoms with Gasteiger partial charge in [-0.15, -0.1) is 0 Å². The molecular formula is C25H25N7O. The topological polar surface area (TPSA) is 95.2 Å². The second-order valence-corrected chi connectivity index (χ2v) is 8.15. The number of hydrogen-bond donors (Lipinski definition) is 2. The number of H-pyrrole nitrogens is 1. The van der Waals surface area contributed by atoms with E-state index in [1.807, 2.05) is 74.8 Å². The number of pyridine rings is 2. The van der Waals surface area contributed by atoms with E-state index < -0.39 is 0 Å². The summed E-state index contributed by atoms with van der Waals surface area (Å²) in [5, 5.41) is 13.9. The maximum Gasteiger partial charge on any atom is 0.155 e. The van der Waals surface area contributed by atoms with Gasteiger partial charge in [0, 0.05) is 24.0 Å². The van der Waals surface area contributed by atoms with Crippen LogP contribution < -0.4 is 0 Å². The third-order valence-electron chi connectivity index (χ3n) is 5.59. The predicted molar refractivity (Wildman–Crippen MR) is 126 cm³/mol. The van der Waals surface area contributed by atoms with Gasteiger partial charge in [-0.1, -0.05) is 30.3 Å². The summed E-state index contributed by atoms with van der Waals surface area (Å²) in [6, 6.07) is 17.8. The molecule has 0 radical (unpaired) electrons. The van der Waals surface area contributed by atoms with Gasteiger partial charge in [-0.3, -0.25) is 9.88 Å². The molecule has 0 aliphatic carbocycles. The molecule has 8 nitrogen and oxygen atoms in total. The van der Waals surface area contributed by atoms with Crippen LogP contribution in [0.15, 0.2) is 67.1 Å². The molecule has 0 fully saturated rings. The summed E-state index contributed by atoms with van der Waals surface area (Å²) in [5.74, 6) is 0.839. The molecule has 0 saturated heterocycles. The van der Waals surface area contributed by atoms with Crippen molar-refractivity contribution in [1.82, 2.24) is 34.4 Å². The molecule has 4 aromatic heterocycles. The van der Waals surface area contributed by atoms with Crippen molar-refractivity contribution in [3.05, 3.63) is 89.8 Å². The normalized spacial score (nSPS) is 11.5. The highest BCUT2D eigenvalue weighted by Gasteiger charge is 2.17. The number of aromatic nitrogens is 6. The zero-order valence-electron chi connectivity index (χ0n) is 18.6. The molecule has 0 saturated carbocycles. The quantitative estimate of drug-likeness (QED) is 0.402. The predicted octanol–water partition coefficient (Wildman–Crippen LogP) is 3.61. The van der Waals surface area contributed by atoms with E-state index in [4.69, 9.17) is 9.97 Å². The molecule has 166 valence electrons. The summed E-state index contributed by atoms with van der Waals surface area (Å²) in [7, 11) is 2.04. The molecule has 33 heavy (non-hydrogen) atoms. The number of rotatable bonds is 7. The first-order chi connectivity index (χ1) is 16.1. The minimum Gasteiger partial charge on any atom is -0.392 e. The van der Waals surface area contributed by atoms with E-state index in [-0.39, 0.29) is 6.61 Å². The Bertz CT molecular complexity index is 1400. The number of aromatic amines is 1. The summed E-state index contributed by atoms with van der Waals surface area (Å²) >= 11 is 0. The summed E-state index contributed by atoms with van der Waals surface area (Å²) in [4.78, 5) is 19.6. The van der Waals surface area contributed by atoms with E-state index in [9.17, 15) is 5.11 Å². The summed E-state index contributed by atoms with van der Waals surface area (Å²) in [6.45, 7) is 3.33. The van der Waals surface area contributed by atoms with Crippen molar-refractivity contribution in [2.75, 3.05) is 7.05 Å². The Morgan fingerprint density at radius 1 is 0.970 bits per heavy atom. The van der Waals surface area contributed by atoms with Gasteiger partial charge in [0.2, 0.25) is 0 Å². The fraction of sp³-hybridized carbons (Fsp3) is 0.200. The maximum atomic E-state index is 9.64. The number of aliphatic hydroxyl groups is 1. The van der Waals surface area contributed by atoms with Gasteiger partial charge in [0.15, 0.2) is 5.65 Å². The summed E-state index contributed by atoms with van der Waals surface area (Å²) in [5.41, 5.74) is 7.24. The Morgan fingerprint density at radius 3 is 2.64 bits per heavy atom. The van der Waals surface area contributed by atoms with Crippen LogP contribution in [0, 0.1) is 6.92 Å². The average Bonchev–Trinajstić information content (AvgIpc) is 3.46. The van der Waals surface area contributed by atoms with Crippen LogP contribution in [0.1, 0.15) is 22.6 Å². The molecule has 8 heteroatoms. The Labute approximate surface area is 191 Å². The van der Waals surface area contributed by atoms with E-state index in [0.29, 0.717) is 13.1 Å². The van der Waals surface area contributed by atoms with Crippen LogP contribution in [0.4, 0.5) is 0 Å². The zero-order chi connectivity index (χ0) is 22.8. The Balaban J connectivity index is 1.50. The van der Waals surface area contributed by atoms with Gasteiger partial charge in [0.05, 0.1) is 30.2 Å². The van der Waals surface area contributed by atoms with Crippen LogP contribution in [-0.4, -0.2) is 46.6 Å². The van der Waals surface area contributed by atoms with Gasteiger partial charge in [-0.05, 0) is 49.4 Å². The number of fused-ring (bicyclic) bond motifs is 1. The van der Waals surface area contributed by atoms with Gasteiger partial charge >= 0.3 is 0 Å². The second kappa shape index (κ2) is 8.93. The van der Waals surface area contributed by atoms with Gasteiger partial charge in [0.1, 0.15) is 12.2 Å². The lowest BCUT2D eigenvalue weighted by Gasteiger charge is -2.17. The largest absolute Gasteiger partial charge is 0.392 e. The molecule has 2 N–H and O–H groups in total. The SMILES string of the molecule is Cc1cccc(-c2[nH]c(CN(C)Cc3ccccc3CO)nc2-c2ccc3ncnn3c2)n1. The lowest BCUT2D eigenvalue weighted by Crippen LogP contribution is -2.19. The molecular weight excluding hydrogens is 414 g/mol. The van der Waals surface area contributed by atoms with Crippen molar-refractivity contribution in [2.24, 2.45) is 0 Å². The zero-order valence-corrected chi connectivity index (χ0v) is 18.6. The Morgan fingerprint density at radius 2 is 1.82 bits per heavy atom. The highest BCUT2D eigenvalue weighted by atomic mass is 16.3. The number of nitrogens with zero attached hydrogens (tertiary/aromatic N) is 6. The molecule has 5 rings (SSSR count). The summed E-state index contributed by atoms with van der Waals surface area (Å²) in [6.07, 6.45) is 3.47. The highest BCUT2D eigenvalue weighted by Crippen LogP contribution is 2.30. The van der Waals surface area contributed by atoms with Crippen LogP contribution in [0.25, 0.3) is 28.3 Å². The number of imidazole rings is 1. The molecule has 0 aliphatic rings. The number of nitrogens with one attached hydrogen (secondary N) is 1. The molecule has 0 unspecified atom stereocenters. The van der Waals surface area contributed by atoms with Crippen LogP contribution in [0.3, 0.4) is 0 Å². The van der Waals surface area contributed by atoms with Crippen LogP contribution in [-0.2, 0) is 19.7 Å². The van der Waals surface area contributed by atoms with E-state index in [1.165, 1.54) is 6.33 Å². The fourth-order valence-corrected chi connectivity index (χ4v) is 4.00. The molecule has 5 aromatic rings. The van der Waals surface area contributed by atoms with Gasteiger partial charge in [-0.2, -0.15) is 5.10 Å². The molecule has 0 amide bonds. The Kier molecular flexibility index (Phi) is 5.68. The third-order valence-corrected chi connectivity index (χ3v) is 5.59. The lowest BCUT2D eigenvalue weighted by molar-refractivity contribution is 0.273. The maximum absolute atomic E-state index is 9.64. The van der Waals surface area contributed by atoms with E-state index in [0.717, 1.165) is 50.9 Å². The van der Waals surface area contributed by atoms with Gasteiger partial charge in [-0.25, -0.2) is 14.5 Å². The van der Waals surface area contributed by atoms with Crippen molar-refractivity contribution in [3.8, 4) is 22.6 Å². The van der Waals surface area contributed by atoms with E-state index >= 15 is 0 Å². The van der Waals surface area contributed by atoms with Crippen molar-refractivity contribution >= 4 is 5.65 Å². The average molecular weight is 440 g/mol. The smallest absolute Gasteiger partial charge is 0.155 e. The number of hydrogen-bond acceptors (Lipinski definition) is 6. The van der Waals surface area contributed by atoms with Crippen molar-refractivity contribution in [1.29, 1.82) is 0 Å². The van der Waals surface area contributed by atoms with Crippen molar-refractivity contribution in [3.63, 3.8) is 0 Å². The second-order valence-electron chi connectivity index (χ2n) is 8.15. The summed E-state index contributed by atoms with van der Waals surface area (Å²) < 4.78 is 1.75. The first kappa shape index (κ1) is 21.0. The minimum absolute atomic E-state index is 0.0306. The van der Waals surface area contributed by atoms with Crippen LogP contribution >= 0.6 is 0 Å². The third kappa shape index (κ3) is 4.39. The monoisotopic (exact) mass is 439 g/mol. The van der Waals surface area contributed by atoms with E-state index in [2.05, 4.69) is 20.0 Å². The number of aliphatic hydroxyl groups excluding tert-OH is 1. The first-order valence-corrected chi connectivity index (χ1v) is 10.8. The Hall–Kier alpha value is -3.88. The molecule has 0 atom stereocenters. The van der Waals surface area contributed by atoms with Crippen LogP contribution in [0.2, 0.25) is 0 Å². The van der Waals surface area contributed by atoms with E-state index in [1.54, 1.807) is 4.52 Å². The number of aryl methyl sites for hydroxylation is 1. The molecule has 4 heterocycles. The van der Waals surface area contributed by atoms with Crippen molar-refractivity contribution in [2.45, 2.75) is 26.6 Å². The highest BCUT2D eigenvalue weighted by molar-refractivity contribution is 5.77. The molecule has 0 spiro atoms. The molecule has 1 aromatic carbocycles. The first-order valence-electron chi connectivity index (χ1n) is 10.8. The standard InChI is InChI=1S/C25H25N7O/c1-17-6-5-9-21(28-17)25-24(19-10-11-23-26-16-27-32(23)13-19)29-22(30-25)14-31(2)12-18-7-3-4-8-20(18)15-33/h3-11,13,16,33H,12,14-15H2,1-2H3,(H,29,30). The minimum atomic E-state index is 0.0306. The van der Waals surface area contributed by atoms with Gasteiger partial charge in [0.25, 0.3) is 0 Å². The van der Waals surface area contributed by atoms with Crippen LogP contribution in [0.5, 0.6) is 0 Å². The van der Waals surface area contributed by atoms with Crippen molar-refractivity contribution < 1.29 is 5.11 Å². The molecule has 0 bridgehead atoms. The lowest BCUT2D eigenvalue weighted by atomic mass is 10.1. The molecule has 0 aliphatic heterocycles. The number of benzene rings is 1. The van der Waals surface area contributed by atoms with Gasteiger partial charge < -0.3 is 10.1 Å².